The largest absolute Gasteiger partial charge is 0.368 e. The molecule has 0 radical (unpaired) electrons. The average molecular weight is 360 g/mol. The second kappa shape index (κ2) is 8.56. The molecule has 0 spiro atoms. The molecule has 1 unspecified atom stereocenters. The van der Waals surface area contributed by atoms with Crippen molar-refractivity contribution >= 4 is 5.91 Å². The Morgan fingerprint density at radius 3 is 2.59 bits per heavy atom. The quantitative estimate of drug-likeness (QED) is 0.679. The van der Waals surface area contributed by atoms with Crippen molar-refractivity contribution in [1.82, 2.24) is 15.3 Å². The number of nitrogens with one attached hydrogen (secondary N) is 1. The van der Waals surface area contributed by atoms with Gasteiger partial charge in [0, 0.05) is 37.8 Å². The highest BCUT2D eigenvalue weighted by atomic mass is 16.1. The minimum atomic E-state index is -0.537. The molecule has 3 rings (SSSR count). The van der Waals surface area contributed by atoms with E-state index in [9.17, 15) is 4.79 Å². The van der Waals surface area contributed by atoms with E-state index in [1.165, 1.54) is 0 Å². The van der Waals surface area contributed by atoms with Crippen LogP contribution in [0.1, 0.15) is 39.4 Å². The van der Waals surface area contributed by atoms with Crippen LogP contribution in [0.3, 0.4) is 0 Å². The van der Waals surface area contributed by atoms with Crippen molar-refractivity contribution in [3.8, 4) is 0 Å². The predicted octanol–water partition coefficient (Wildman–Crippen LogP) is 3.00. The average Bonchev–Trinajstić information content (AvgIpc) is 2.65. The lowest BCUT2D eigenvalue weighted by Crippen LogP contribution is -2.34. The smallest absolute Gasteiger partial charge is 0.239 e. The number of aromatic nitrogens is 2. The summed E-state index contributed by atoms with van der Waals surface area (Å²) in [6.07, 6.45) is 7.98. The van der Waals surface area contributed by atoms with Crippen LogP contribution < -0.4 is 11.1 Å². The number of pyridine rings is 2. The lowest BCUT2D eigenvalue weighted by atomic mass is 9.98. The first-order chi connectivity index (χ1) is 13.0. The Bertz CT molecular complexity index is 925. The van der Waals surface area contributed by atoms with Crippen molar-refractivity contribution in [1.29, 1.82) is 0 Å². The standard InChI is InChI=1S/C22H24N4O/c1-15-5-6-20(16(2)10-15)21(22(23)27)26-14-18-7-9-25-13-19(18)11-17-4-3-8-24-12-17/h3-10,12-13,21,26H,11,14H2,1-2H3,(H2,23,27). The fourth-order valence-corrected chi connectivity index (χ4v) is 3.24. The minimum absolute atomic E-state index is 0.384. The van der Waals surface area contributed by atoms with E-state index in [0.29, 0.717) is 6.54 Å². The molecule has 0 fully saturated rings. The molecule has 3 N–H and O–H groups in total. The lowest BCUT2D eigenvalue weighted by Gasteiger charge is -2.19. The van der Waals surface area contributed by atoms with Gasteiger partial charge in [0.2, 0.25) is 5.91 Å². The maximum atomic E-state index is 12.1. The molecule has 0 aliphatic heterocycles. The zero-order valence-corrected chi connectivity index (χ0v) is 15.6. The van der Waals surface area contributed by atoms with Gasteiger partial charge in [-0.2, -0.15) is 0 Å². The lowest BCUT2D eigenvalue weighted by molar-refractivity contribution is -0.120. The van der Waals surface area contributed by atoms with Crippen LogP contribution in [0.2, 0.25) is 0 Å². The predicted molar refractivity (Wildman–Crippen MR) is 106 cm³/mol. The van der Waals surface area contributed by atoms with Gasteiger partial charge in [0.1, 0.15) is 6.04 Å². The minimum Gasteiger partial charge on any atom is -0.368 e. The highest BCUT2D eigenvalue weighted by Gasteiger charge is 2.19. The van der Waals surface area contributed by atoms with Gasteiger partial charge in [-0.25, -0.2) is 0 Å². The Hall–Kier alpha value is -3.05. The van der Waals surface area contributed by atoms with Crippen molar-refractivity contribution in [2.24, 2.45) is 5.73 Å². The molecule has 0 aliphatic carbocycles. The number of primary amides is 1. The van der Waals surface area contributed by atoms with E-state index in [4.69, 9.17) is 5.73 Å². The summed E-state index contributed by atoms with van der Waals surface area (Å²) in [6, 6.07) is 11.4. The van der Waals surface area contributed by atoms with Gasteiger partial charge in [0.25, 0.3) is 0 Å². The first-order valence-electron chi connectivity index (χ1n) is 8.95. The molecule has 0 aliphatic rings. The van der Waals surface area contributed by atoms with Crippen LogP contribution in [0.25, 0.3) is 0 Å². The number of nitrogens with zero attached hydrogens (tertiary/aromatic N) is 2. The molecule has 1 amide bonds. The first-order valence-corrected chi connectivity index (χ1v) is 8.95. The first kappa shape index (κ1) is 18.7. The van der Waals surface area contributed by atoms with Crippen molar-refractivity contribution in [3.63, 3.8) is 0 Å². The van der Waals surface area contributed by atoms with E-state index < -0.39 is 6.04 Å². The Morgan fingerprint density at radius 1 is 1.07 bits per heavy atom. The number of benzene rings is 1. The van der Waals surface area contributed by atoms with E-state index >= 15 is 0 Å². The van der Waals surface area contributed by atoms with Gasteiger partial charge in [-0.1, -0.05) is 29.8 Å². The normalized spacial score (nSPS) is 11.9. The summed E-state index contributed by atoms with van der Waals surface area (Å²) in [5.41, 5.74) is 12.1. The highest BCUT2D eigenvalue weighted by Crippen LogP contribution is 2.20. The number of aryl methyl sites for hydroxylation is 2. The Labute approximate surface area is 159 Å². The van der Waals surface area contributed by atoms with Gasteiger partial charge >= 0.3 is 0 Å². The zero-order chi connectivity index (χ0) is 19.2. The van der Waals surface area contributed by atoms with Crippen molar-refractivity contribution in [2.75, 3.05) is 0 Å². The van der Waals surface area contributed by atoms with E-state index in [1.807, 2.05) is 56.6 Å². The van der Waals surface area contributed by atoms with Crippen LogP contribution in [-0.4, -0.2) is 15.9 Å². The zero-order valence-electron chi connectivity index (χ0n) is 15.6. The summed E-state index contributed by atoms with van der Waals surface area (Å²) in [5.74, 6) is -0.384. The summed E-state index contributed by atoms with van der Waals surface area (Å²) in [7, 11) is 0. The van der Waals surface area contributed by atoms with Gasteiger partial charge < -0.3 is 5.73 Å². The Morgan fingerprint density at radius 2 is 1.89 bits per heavy atom. The second-order valence-corrected chi connectivity index (χ2v) is 6.76. The van der Waals surface area contributed by atoms with Crippen LogP contribution in [0.4, 0.5) is 0 Å². The van der Waals surface area contributed by atoms with Crippen LogP contribution >= 0.6 is 0 Å². The third-order valence-corrected chi connectivity index (χ3v) is 4.64. The Balaban J connectivity index is 1.79. The van der Waals surface area contributed by atoms with Crippen molar-refractivity contribution in [3.05, 3.63) is 94.6 Å². The SMILES string of the molecule is Cc1ccc(C(NCc2ccncc2Cc2cccnc2)C(N)=O)c(C)c1. The summed E-state index contributed by atoms with van der Waals surface area (Å²) in [4.78, 5) is 20.5. The Kier molecular flexibility index (Phi) is 5.94. The van der Waals surface area contributed by atoms with E-state index in [-0.39, 0.29) is 5.91 Å². The molecule has 0 saturated heterocycles. The molecular weight excluding hydrogens is 336 g/mol. The number of rotatable bonds is 7. The number of hydrogen-bond acceptors (Lipinski definition) is 4. The fourth-order valence-electron chi connectivity index (χ4n) is 3.24. The van der Waals surface area contributed by atoms with Gasteiger partial charge in [-0.3, -0.25) is 20.1 Å². The maximum Gasteiger partial charge on any atom is 0.239 e. The van der Waals surface area contributed by atoms with E-state index in [1.54, 1.807) is 12.4 Å². The molecule has 1 aromatic carbocycles. The number of hydrogen-bond donors (Lipinski definition) is 2. The van der Waals surface area contributed by atoms with Crippen molar-refractivity contribution in [2.45, 2.75) is 32.9 Å². The van der Waals surface area contributed by atoms with E-state index in [0.717, 1.165) is 39.8 Å². The molecule has 5 nitrogen and oxygen atoms in total. The van der Waals surface area contributed by atoms with E-state index in [2.05, 4.69) is 21.4 Å². The number of carbonyl (C=O) groups excluding carboxylic acids is 1. The summed E-state index contributed by atoms with van der Waals surface area (Å²) >= 11 is 0. The fraction of sp³-hybridized carbons (Fsp3) is 0.227. The van der Waals surface area contributed by atoms with Crippen molar-refractivity contribution < 1.29 is 4.79 Å². The summed E-state index contributed by atoms with van der Waals surface area (Å²) in [5, 5.41) is 3.32. The molecule has 2 aromatic heterocycles. The second-order valence-electron chi connectivity index (χ2n) is 6.76. The summed E-state index contributed by atoms with van der Waals surface area (Å²) in [6.45, 7) is 4.56. The molecule has 138 valence electrons. The number of amides is 1. The molecule has 27 heavy (non-hydrogen) atoms. The third kappa shape index (κ3) is 4.77. The van der Waals surface area contributed by atoms with Gasteiger partial charge in [0.15, 0.2) is 0 Å². The van der Waals surface area contributed by atoms with Gasteiger partial charge in [-0.05, 0) is 53.8 Å². The van der Waals surface area contributed by atoms with Gasteiger partial charge in [0.05, 0.1) is 0 Å². The van der Waals surface area contributed by atoms with Gasteiger partial charge in [-0.15, -0.1) is 0 Å². The highest BCUT2D eigenvalue weighted by molar-refractivity contribution is 5.81. The third-order valence-electron chi connectivity index (χ3n) is 4.64. The maximum absolute atomic E-state index is 12.1. The topological polar surface area (TPSA) is 80.9 Å². The number of carbonyl (C=O) groups is 1. The molecule has 0 saturated carbocycles. The molecule has 0 bridgehead atoms. The molecule has 5 heteroatoms. The van der Waals surface area contributed by atoms with Crippen LogP contribution in [-0.2, 0) is 17.8 Å². The van der Waals surface area contributed by atoms with Crippen LogP contribution in [0, 0.1) is 13.8 Å². The summed E-state index contributed by atoms with van der Waals surface area (Å²) < 4.78 is 0. The molecule has 1 atom stereocenters. The molecular formula is C22H24N4O. The number of nitrogens with two attached hydrogens (primary N) is 1. The monoisotopic (exact) mass is 360 g/mol. The molecule has 2 heterocycles. The van der Waals surface area contributed by atoms with Crippen LogP contribution in [0.15, 0.2) is 61.2 Å². The van der Waals surface area contributed by atoms with Crippen LogP contribution in [0.5, 0.6) is 0 Å². The molecule has 3 aromatic rings.